The third kappa shape index (κ3) is 3.91. The zero-order valence-electron chi connectivity index (χ0n) is 11.0. The van der Waals surface area contributed by atoms with Crippen molar-refractivity contribution in [1.29, 1.82) is 0 Å². The quantitative estimate of drug-likeness (QED) is 0.830. The molecule has 0 atom stereocenters. The van der Waals surface area contributed by atoms with E-state index in [2.05, 4.69) is 5.32 Å². The number of rotatable bonds is 7. The van der Waals surface area contributed by atoms with Gasteiger partial charge in [-0.15, -0.1) is 0 Å². The minimum atomic E-state index is -3.41. The normalized spacial score (nSPS) is 15.5. The smallest absolute Gasteiger partial charge is 0.236 e. The highest BCUT2D eigenvalue weighted by Crippen LogP contribution is 2.20. The lowest BCUT2D eigenvalue weighted by Crippen LogP contribution is -2.36. The van der Waals surface area contributed by atoms with E-state index in [0.717, 1.165) is 12.8 Å². The third-order valence-electron chi connectivity index (χ3n) is 3.09. The summed E-state index contributed by atoms with van der Waals surface area (Å²) in [6.45, 7) is 2.49. The molecule has 1 aromatic carbocycles. The molecule has 106 valence electrons. The molecule has 1 aliphatic rings. The fourth-order valence-corrected chi connectivity index (χ4v) is 3.39. The molecule has 19 heavy (non-hydrogen) atoms. The van der Waals surface area contributed by atoms with E-state index in [4.69, 9.17) is 0 Å². The van der Waals surface area contributed by atoms with Crippen LogP contribution in [0.15, 0.2) is 24.3 Å². The van der Waals surface area contributed by atoms with Crippen LogP contribution in [0.3, 0.4) is 0 Å². The molecule has 0 aliphatic heterocycles. The molecule has 0 bridgehead atoms. The molecule has 1 aromatic rings. The molecular weight excluding hydrogens is 267 g/mol. The molecule has 0 spiro atoms. The highest BCUT2D eigenvalue weighted by atomic mass is 32.2. The van der Waals surface area contributed by atoms with Crippen molar-refractivity contribution in [3.63, 3.8) is 0 Å². The number of nitrogens with zero attached hydrogens (tertiary/aromatic N) is 1. The van der Waals surface area contributed by atoms with Crippen molar-refractivity contribution in [1.82, 2.24) is 5.32 Å². The molecule has 0 heterocycles. The molecule has 0 saturated heterocycles. The zero-order valence-corrected chi connectivity index (χ0v) is 11.8. The van der Waals surface area contributed by atoms with Crippen LogP contribution in [0.2, 0.25) is 0 Å². The van der Waals surface area contributed by atoms with Crippen LogP contribution in [0, 0.1) is 5.82 Å². The van der Waals surface area contributed by atoms with Gasteiger partial charge in [0, 0.05) is 19.1 Å². The van der Waals surface area contributed by atoms with Crippen LogP contribution in [0.1, 0.15) is 19.8 Å². The second kappa shape index (κ2) is 5.88. The molecule has 1 fully saturated rings. The number of sulfonamides is 1. The second-order valence-electron chi connectivity index (χ2n) is 4.69. The summed E-state index contributed by atoms with van der Waals surface area (Å²) >= 11 is 0. The summed E-state index contributed by atoms with van der Waals surface area (Å²) in [5.74, 6) is -0.393. The number of halogens is 1. The van der Waals surface area contributed by atoms with Crippen molar-refractivity contribution in [2.45, 2.75) is 25.8 Å². The van der Waals surface area contributed by atoms with E-state index in [0.29, 0.717) is 24.8 Å². The fraction of sp³-hybridized carbons (Fsp3) is 0.538. The average molecular weight is 286 g/mol. The van der Waals surface area contributed by atoms with E-state index in [1.807, 2.05) is 0 Å². The first-order chi connectivity index (χ1) is 9.03. The first-order valence-electron chi connectivity index (χ1n) is 6.52. The Morgan fingerprint density at radius 1 is 1.42 bits per heavy atom. The van der Waals surface area contributed by atoms with Crippen molar-refractivity contribution < 1.29 is 12.8 Å². The number of hydrogen-bond acceptors (Lipinski definition) is 3. The molecule has 0 unspecified atom stereocenters. The van der Waals surface area contributed by atoms with Gasteiger partial charge in [-0.2, -0.15) is 0 Å². The summed E-state index contributed by atoms with van der Waals surface area (Å²) in [5, 5.41) is 3.17. The van der Waals surface area contributed by atoms with Gasteiger partial charge in [-0.05, 0) is 38.0 Å². The Labute approximate surface area is 113 Å². The summed E-state index contributed by atoms with van der Waals surface area (Å²) in [4.78, 5) is 0. The Bertz CT molecular complexity index is 529. The molecule has 0 radical (unpaired) electrons. The molecule has 2 rings (SSSR count). The molecule has 6 heteroatoms. The molecule has 1 saturated carbocycles. The Morgan fingerprint density at radius 3 is 2.74 bits per heavy atom. The zero-order chi connectivity index (χ0) is 13.9. The first-order valence-corrected chi connectivity index (χ1v) is 8.13. The Balaban J connectivity index is 2.05. The van der Waals surface area contributed by atoms with E-state index in [1.54, 1.807) is 13.0 Å². The number of hydrogen-bond donors (Lipinski definition) is 1. The molecular formula is C13H19FN2O2S. The van der Waals surface area contributed by atoms with Crippen molar-refractivity contribution >= 4 is 15.7 Å². The van der Waals surface area contributed by atoms with E-state index in [1.165, 1.54) is 22.5 Å². The van der Waals surface area contributed by atoms with Gasteiger partial charge in [0.25, 0.3) is 0 Å². The monoisotopic (exact) mass is 286 g/mol. The Kier molecular flexibility index (Phi) is 4.42. The Hall–Kier alpha value is -1.14. The summed E-state index contributed by atoms with van der Waals surface area (Å²) in [6, 6.07) is 6.16. The average Bonchev–Trinajstić information content (AvgIpc) is 3.13. The van der Waals surface area contributed by atoms with Crippen molar-refractivity contribution in [3.05, 3.63) is 30.1 Å². The lowest BCUT2D eigenvalue weighted by atomic mass is 10.3. The number of nitrogens with one attached hydrogen (secondary N) is 1. The largest absolute Gasteiger partial charge is 0.313 e. The van der Waals surface area contributed by atoms with Crippen LogP contribution in [0.5, 0.6) is 0 Å². The van der Waals surface area contributed by atoms with Gasteiger partial charge in [-0.3, -0.25) is 4.31 Å². The third-order valence-corrected chi connectivity index (χ3v) is 4.95. The maximum Gasteiger partial charge on any atom is 0.236 e. The lowest BCUT2D eigenvalue weighted by Gasteiger charge is -2.23. The Morgan fingerprint density at radius 2 is 2.16 bits per heavy atom. The minimum Gasteiger partial charge on any atom is -0.313 e. The van der Waals surface area contributed by atoms with Crippen molar-refractivity contribution in [2.24, 2.45) is 0 Å². The molecule has 0 aromatic heterocycles. The van der Waals surface area contributed by atoms with Gasteiger partial charge in [0.15, 0.2) is 0 Å². The van der Waals surface area contributed by atoms with Gasteiger partial charge in [-0.25, -0.2) is 12.8 Å². The van der Waals surface area contributed by atoms with Gasteiger partial charge in [0.1, 0.15) is 5.82 Å². The van der Waals surface area contributed by atoms with E-state index in [-0.39, 0.29) is 5.75 Å². The fourth-order valence-electron chi connectivity index (χ4n) is 1.96. The van der Waals surface area contributed by atoms with Crippen LogP contribution in [0.25, 0.3) is 0 Å². The minimum absolute atomic E-state index is 0.0356. The molecule has 4 nitrogen and oxygen atoms in total. The van der Waals surface area contributed by atoms with Crippen LogP contribution in [-0.2, 0) is 10.0 Å². The van der Waals surface area contributed by atoms with E-state index in [9.17, 15) is 12.8 Å². The first kappa shape index (κ1) is 14.3. The highest BCUT2D eigenvalue weighted by Gasteiger charge is 2.24. The van der Waals surface area contributed by atoms with Gasteiger partial charge in [0.2, 0.25) is 10.0 Å². The molecule has 1 aliphatic carbocycles. The maximum absolute atomic E-state index is 13.2. The SMILES string of the molecule is CCN(c1cccc(F)c1)S(=O)(=O)CCNC1CC1. The predicted molar refractivity (Wildman–Crippen MR) is 74.2 cm³/mol. The van der Waals surface area contributed by atoms with Gasteiger partial charge in [-0.1, -0.05) is 6.07 Å². The summed E-state index contributed by atoms with van der Waals surface area (Å²) in [5.41, 5.74) is 0.383. The van der Waals surface area contributed by atoms with Gasteiger partial charge < -0.3 is 5.32 Å². The number of benzene rings is 1. The van der Waals surface area contributed by atoms with Crippen LogP contribution in [0.4, 0.5) is 10.1 Å². The highest BCUT2D eigenvalue weighted by molar-refractivity contribution is 7.92. The summed E-state index contributed by atoms with van der Waals surface area (Å²) in [7, 11) is -3.41. The second-order valence-corrected chi connectivity index (χ2v) is 6.70. The molecule has 0 amide bonds. The van der Waals surface area contributed by atoms with Gasteiger partial charge >= 0.3 is 0 Å². The lowest BCUT2D eigenvalue weighted by molar-refractivity contribution is 0.586. The van der Waals surface area contributed by atoms with Crippen molar-refractivity contribution in [2.75, 3.05) is 23.1 Å². The molecule has 1 N–H and O–H groups in total. The van der Waals surface area contributed by atoms with E-state index >= 15 is 0 Å². The van der Waals surface area contributed by atoms with Crippen LogP contribution < -0.4 is 9.62 Å². The summed E-state index contributed by atoms with van der Waals surface area (Å²) < 4.78 is 38.9. The number of anilines is 1. The summed E-state index contributed by atoms with van der Waals surface area (Å²) in [6.07, 6.45) is 2.25. The maximum atomic E-state index is 13.2. The predicted octanol–water partition coefficient (Wildman–Crippen LogP) is 1.73. The van der Waals surface area contributed by atoms with Crippen LogP contribution >= 0.6 is 0 Å². The van der Waals surface area contributed by atoms with Crippen LogP contribution in [-0.4, -0.2) is 33.3 Å². The van der Waals surface area contributed by atoms with E-state index < -0.39 is 15.8 Å². The van der Waals surface area contributed by atoms with Crippen molar-refractivity contribution in [3.8, 4) is 0 Å². The van der Waals surface area contributed by atoms with Gasteiger partial charge in [0.05, 0.1) is 11.4 Å². The topological polar surface area (TPSA) is 49.4 Å². The standard InChI is InChI=1S/C13H19FN2O2S/c1-2-16(13-5-3-4-11(14)10-13)19(17,18)9-8-15-12-6-7-12/h3-5,10,12,15H,2,6-9H2,1H3.